The summed E-state index contributed by atoms with van der Waals surface area (Å²) in [6.45, 7) is 9.94. The minimum Gasteiger partial charge on any atom is -0.748 e. The summed E-state index contributed by atoms with van der Waals surface area (Å²) in [4.78, 5) is 2.23. The normalized spacial score (nSPS) is 18.4. The molecule has 0 spiro atoms. The maximum atomic E-state index is 11.3. The van der Waals surface area contributed by atoms with Crippen LogP contribution in [0.4, 0.5) is 11.4 Å². The van der Waals surface area contributed by atoms with Gasteiger partial charge in [-0.1, -0.05) is 62.4 Å². The molecule has 5 rings (SSSR count). The molecule has 2 heterocycles. The van der Waals surface area contributed by atoms with Crippen LogP contribution < -0.4 is 4.90 Å². The molecule has 0 saturated heterocycles. The van der Waals surface area contributed by atoms with Gasteiger partial charge in [0.1, 0.15) is 6.54 Å². The molecule has 0 aromatic heterocycles. The average molecular weight is 650 g/mol. The maximum Gasteiger partial charge on any atom is 0.210 e. The number of benzene rings is 3. The molecule has 240 valence electrons. The Morgan fingerprint density at radius 3 is 2.13 bits per heavy atom. The van der Waals surface area contributed by atoms with Crippen molar-refractivity contribution >= 4 is 48.1 Å². The van der Waals surface area contributed by atoms with E-state index in [4.69, 9.17) is 0 Å². The van der Waals surface area contributed by atoms with Gasteiger partial charge in [0.25, 0.3) is 0 Å². The summed E-state index contributed by atoms with van der Waals surface area (Å²) in [5.74, 6) is -0.748. The first-order chi connectivity index (χ1) is 21.1. The number of anilines is 1. The number of para-hydroxylation sites is 1. The van der Waals surface area contributed by atoms with E-state index in [0.717, 1.165) is 28.2 Å². The zero-order chi connectivity index (χ0) is 32.6. The summed E-state index contributed by atoms with van der Waals surface area (Å²) < 4.78 is 69.6. The van der Waals surface area contributed by atoms with Crippen molar-refractivity contribution in [1.82, 2.24) is 0 Å². The van der Waals surface area contributed by atoms with E-state index in [-0.39, 0.29) is 22.3 Å². The Hall–Kier alpha value is -3.31. The molecule has 2 aliphatic rings. The van der Waals surface area contributed by atoms with Crippen LogP contribution in [0.2, 0.25) is 0 Å². The first-order valence-electron chi connectivity index (χ1n) is 15.4. The topological polar surface area (TPSA) is 121 Å². The van der Waals surface area contributed by atoms with Crippen LogP contribution in [0.3, 0.4) is 0 Å². The highest BCUT2D eigenvalue weighted by Gasteiger charge is 2.45. The number of fused-ring (bicyclic) bond motifs is 4. The number of rotatable bonds is 12. The Kier molecular flexibility index (Phi) is 9.16. The first kappa shape index (κ1) is 33.1. The van der Waals surface area contributed by atoms with Gasteiger partial charge in [-0.15, -0.1) is 0 Å². The number of hydrogen-bond donors (Lipinski definition) is 0. The summed E-state index contributed by atoms with van der Waals surface area (Å²) in [6.07, 6.45) is 8.03. The number of hydrogen-bond acceptors (Lipinski definition) is 7. The molecule has 0 unspecified atom stereocenters. The van der Waals surface area contributed by atoms with Crippen LogP contribution in [0.1, 0.15) is 64.5 Å². The summed E-state index contributed by atoms with van der Waals surface area (Å²) in [6, 6.07) is 20.8. The second-order valence-corrected chi connectivity index (χ2v) is 16.0. The van der Waals surface area contributed by atoms with Crippen molar-refractivity contribution in [3.05, 3.63) is 95.7 Å². The Morgan fingerprint density at radius 1 is 0.778 bits per heavy atom. The molecule has 2 aliphatic heterocycles. The quantitative estimate of drug-likeness (QED) is 0.132. The van der Waals surface area contributed by atoms with Gasteiger partial charge >= 0.3 is 0 Å². The summed E-state index contributed by atoms with van der Waals surface area (Å²) in [5.41, 5.74) is 6.07. The van der Waals surface area contributed by atoms with Gasteiger partial charge in [-0.2, -0.15) is 4.58 Å². The summed E-state index contributed by atoms with van der Waals surface area (Å²) in [7, 11) is -8.53. The first-order valence-corrected chi connectivity index (χ1v) is 18.6. The molecule has 10 heteroatoms. The largest absolute Gasteiger partial charge is 0.748 e. The SMILES string of the molecule is CC1(C)C(=CC=CC2=[N+](CCCCS(=O)(=O)[O-])c3ccc4ccccc4c3C2(C)C)N(CCCCS(=O)(=O)[O-])c2ccccc21. The molecule has 3 aromatic carbocycles. The van der Waals surface area contributed by atoms with Crippen LogP contribution in [0.5, 0.6) is 0 Å². The fraction of sp³-hybridized carbons (Fsp3) is 0.400. The standard InChI is InChI=1S/C35H42N2O6S2/c1-34(2)28-16-7-8-17-29(28)36(22-9-11-24-44(38,39)40)31(34)18-13-19-32-35(3,4)33-27-15-6-5-14-26(27)20-21-30(33)37(32)23-10-12-25-45(41,42)43/h5-8,13-21H,9-12,22-25H2,1-4H3,(H-,38,39,40,41,42,43)/p-1. The third-order valence-corrected chi connectivity index (χ3v) is 10.7. The molecule has 0 amide bonds. The van der Waals surface area contributed by atoms with Gasteiger partial charge in [-0.05, 0) is 67.7 Å². The third-order valence-electron chi connectivity index (χ3n) is 9.11. The highest BCUT2D eigenvalue weighted by atomic mass is 32.2. The van der Waals surface area contributed by atoms with E-state index >= 15 is 0 Å². The van der Waals surface area contributed by atoms with E-state index in [0.29, 0.717) is 38.8 Å². The Labute approximate surface area is 267 Å². The molecule has 0 saturated carbocycles. The van der Waals surface area contributed by atoms with Crippen molar-refractivity contribution in [3.8, 4) is 0 Å². The zero-order valence-electron chi connectivity index (χ0n) is 26.3. The summed E-state index contributed by atoms with van der Waals surface area (Å²) in [5, 5.41) is 2.33. The molecule has 0 fully saturated rings. The number of nitrogens with zero attached hydrogens (tertiary/aromatic N) is 2. The van der Waals surface area contributed by atoms with Gasteiger partial charge in [0.2, 0.25) is 5.69 Å². The highest BCUT2D eigenvalue weighted by Crippen LogP contribution is 2.48. The number of unbranched alkanes of at least 4 members (excludes halogenated alkanes) is 2. The molecule has 0 aliphatic carbocycles. The molecule has 8 nitrogen and oxygen atoms in total. The van der Waals surface area contributed by atoms with Crippen LogP contribution >= 0.6 is 0 Å². The molecule has 0 bridgehead atoms. The zero-order valence-corrected chi connectivity index (χ0v) is 28.0. The van der Waals surface area contributed by atoms with Crippen LogP contribution in [-0.2, 0) is 31.1 Å². The lowest BCUT2D eigenvalue weighted by Gasteiger charge is -2.27. The molecule has 3 aromatic rings. The van der Waals surface area contributed by atoms with Crippen molar-refractivity contribution in [2.75, 3.05) is 29.5 Å². The lowest BCUT2D eigenvalue weighted by Crippen LogP contribution is -2.28. The van der Waals surface area contributed by atoms with E-state index in [1.807, 2.05) is 24.3 Å². The highest BCUT2D eigenvalue weighted by molar-refractivity contribution is 7.85. The lowest BCUT2D eigenvalue weighted by molar-refractivity contribution is -0.438. The molecule has 0 radical (unpaired) electrons. The van der Waals surface area contributed by atoms with Crippen molar-refractivity contribution < 1.29 is 30.5 Å². The number of allylic oxidation sites excluding steroid dienone is 4. The fourth-order valence-electron chi connectivity index (χ4n) is 6.99. The molecule has 45 heavy (non-hydrogen) atoms. The van der Waals surface area contributed by atoms with Gasteiger partial charge in [0.05, 0.1) is 25.7 Å². The van der Waals surface area contributed by atoms with Gasteiger partial charge in [-0.25, -0.2) is 16.8 Å². The average Bonchev–Trinajstić information content (AvgIpc) is 3.31. The van der Waals surface area contributed by atoms with Gasteiger partial charge in [0.15, 0.2) is 5.71 Å². The summed E-state index contributed by atoms with van der Waals surface area (Å²) >= 11 is 0. The van der Waals surface area contributed by atoms with Crippen LogP contribution in [0.25, 0.3) is 10.8 Å². The predicted octanol–water partition coefficient (Wildman–Crippen LogP) is 6.10. The molecule has 0 N–H and O–H groups in total. The predicted molar refractivity (Wildman–Crippen MR) is 178 cm³/mol. The molecular weight excluding hydrogens is 609 g/mol. The van der Waals surface area contributed by atoms with Gasteiger partial charge in [-0.3, -0.25) is 0 Å². The van der Waals surface area contributed by atoms with E-state index in [1.165, 1.54) is 16.5 Å². The Morgan fingerprint density at radius 2 is 1.42 bits per heavy atom. The molecular formula is C35H41N2O6S2-. The molecule has 0 atom stereocenters. The van der Waals surface area contributed by atoms with E-state index in [9.17, 15) is 25.9 Å². The van der Waals surface area contributed by atoms with E-state index in [2.05, 4.69) is 91.8 Å². The maximum absolute atomic E-state index is 11.3. The van der Waals surface area contributed by atoms with E-state index < -0.39 is 20.2 Å². The van der Waals surface area contributed by atoms with Crippen molar-refractivity contribution in [2.45, 2.75) is 64.2 Å². The smallest absolute Gasteiger partial charge is 0.210 e. The van der Waals surface area contributed by atoms with Gasteiger partial charge in [0, 0.05) is 59.0 Å². The lowest BCUT2D eigenvalue weighted by atomic mass is 9.79. The monoisotopic (exact) mass is 649 g/mol. The second-order valence-electron chi connectivity index (χ2n) is 13.0. The van der Waals surface area contributed by atoms with E-state index in [1.54, 1.807) is 0 Å². The fourth-order valence-corrected chi connectivity index (χ4v) is 8.10. The van der Waals surface area contributed by atoms with Crippen LogP contribution in [0.15, 0.2) is 84.6 Å². The van der Waals surface area contributed by atoms with Crippen molar-refractivity contribution in [2.24, 2.45) is 0 Å². The minimum atomic E-state index is -4.27. The van der Waals surface area contributed by atoms with Crippen molar-refractivity contribution in [3.63, 3.8) is 0 Å². The van der Waals surface area contributed by atoms with Gasteiger partial charge < -0.3 is 14.0 Å². The van der Waals surface area contributed by atoms with Crippen LogP contribution in [-0.4, -0.2) is 60.8 Å². The Balaban J connectivity index is 1.52. The van der Waals surface area contributed by atoms with Crippen molar-refractivity contribution in [1.29, 1.82) is 0 Å². The second kappa shape index (κ2) is 12.5. The Bertz CT molecular complexity index is 1920. The minimum absolute atomic E-state index is 0.293. The third kappa shape index (κ3) is 6.94. The van der Waals surface area contributed by atoms with Crippen LogP contribution in [0, 0.1) is 0 Å².